The van der Waals surface area contributed by atoms with Gasteiger partial charge in [-0.2, -0.15) is 13.2 Å². The van der Waals surface area contributed by atoms with Gasteiger partial charge in [0.2, 0.25) is 0 Å². The monoisotopic (exact) mass is 337 g/mol. The van der Waals surface area contributed by atoms with Gasteiger partial charge in [-0.3, -0.25) is 4.79 Å². The summed E-state index contributed by atoms with van der Waals surface area (Å²) in [6, 6.07) is 2.84. The first kappa shape index (κ1) is 17.1. The maximum absolute atomic E-state index is 13.0. The highest BCUT2D eigenvalue weighted by atomic mass is 35.5. The molecule has 0 radical (unpaired) electrons. The quantitative estimate of drug-likeness (QED) is 0.880. The summed E-state index contributed by atoms with van der Waals surface area (Å²) in [4.78, 5) is 13.2. The molecule has 22 heavy (non-hydrogen) atoms. The molecule has 1 amide bonds. The molecule has 0 saturated carbocycles. The maximum Gasteiger partial charge on any atom is 0.418 e. The molecule has 2 rings (SSSR count). The van der Waals surface area contributed by atoms with Crippen LogP contribution in [0.5, 0.6) is 0 Å². The predicted octanol–water partition coefficient (Wildman–Crippen LogP) is 1.60. The number of morpholine rings is 1. The number of carbonyl (C=O) groups excluding carboxylic acids is 1. The number of nitrogens with one attached hydrogen (secondary N) is 2. The Morgan fingerprint density at radius 1 is 1.36 bits per heavy atom. The number of carbonyl (C=O) groups is 1. The van der Waals surface area contributed by atoms with E-state index in [1.54, 1.807) is 6.92 Å². The fourth-order valence-corrected chi connectivity index (χ4v) is 2.53. The third-order valence-electron chi connectivity index (χ3n) is 3.69. The molecule has 1 heterocycles. The fraction of sp³-hybridized carbons (Fsp3) is 0.500. The molecule has 8 heteroatoms. The van der Waals surface area contributed by atoms with Gasteiger partial charge in [-0.25, -0.2) is 0 Å². The summed E-state index contributed by atoms with van der Waals surface area (Å²) < 4.78 is 44.2. The van der Waals surface area contributed by atoms with Crippen molar-refractivity contribution in [3.05, 3.63) is 28.8 Å². The largest absolute Gasteiger partial charge is 0.418 e. The Morgan fingerprint density at radius 3 is 2.59 bits per heavy atom. The number of amides is 1. The van der Waals surface area contributed by atoms with Crippen molar-refractivity contribution in [1.82, 2.24) is 0 Å². The van der Waals surface area contributed by atoms with Crippen LogP contribution in [-0.4, -0.2) is 38.3 Å². The average molecular weight is 338 g/mol. The molecule has 0 aliphatic carbocycles. The van der Waals surface area contributed by atoms with E-state index >= 15 is 0 Å². The minimum Gasteiger partial charge on any atom is -0.370 e. The zero-order chi connectivity index (χ0) is 16.3. The van der Waals surface area contributed by atoms with Crippen molar-refractivity contribution in [1.29, 1.82) is 0 Å². The normalized spacial score (nSPS) is 18.0. The van der Waals surface area contributed by atoms with E-state index in [0.717, 1.165) is 11.0 Å². The summed E-state index contributed by atoms with van der Waals surface area (Å²) in [6.07, 6.45) is -4.58. The molecule has 1 atom stereocenters. The Balaban J connectivity index is 2.14. The van der Waals surface area contributed by atoms with Crippen molar-refractivity contribution in [3.63, 3.8) is 0 Å². The molecule has 0 spiro atoms. The van der Waals surface area contributed by atoms with Crippen LogP contribution in [0.4, 0.5) is 18.9 Å². The number of quaternary nitrogens is 1. The highest BCUT2D eigenvalue weighted by Crippen LogP contribution is 2.36. The molecular formula is C14H17ClF3N2O2+. The minimum absolute atomic E-state index is 0.0304. The van der Waals surface area contributed by atoms with Crippen LogP contribution in [0.25, 0.3) is 0 Å². The fourth-order valence-electron chi connectivity index (χ4n) is 2.35. The maximum atomic E-state index is 13.0. The number of ether oxygens (including phenoxy) is 1. The van der Waals surface area contributed by atoms with E-state index in [9.17, 15) is 18.0 Å². The molecule has 0 bridgehead atoms. The summed E-state index contributed by atoms with van der Waals surface area (Å²) in [7, 11) is 0. The number of alkyl halides is 3. The molecule has 0 aromatic heterocycles. The van der Waals surface area contributed by atoms with Crippen molar-refractivity contribution >= 4 is 23.2 Å². The molecule has 1 aliphatic heterocycles. The lowest BCUT2D eigenvalue weighted by molar-refractivity contribution is -0.921. The Kier molecular flexibility index (Phi) is 5.31. The van der Waals surface area contributed by atoms with Crippen LogP contribution >= 0.6 is 11.6 Å². The van der Waals surface area contributed by atoms with Crippen molar-refractivity contribution in [2.75, 3.05) is 31.6 Å². The van der Waals surface area contributed by atoms with Gasteiger partial charge in [-0.15, -0.1) is 0 Å². The predicted molar refractivity (Wildman–Crippen MR) is 76.1 cm³/mol. The third-order valence-corrected chi connectivity index (χ3v) is 3.92. The molecule has 2 N–H and O–H groups in total. The lowest BCUT2D eigenvalue weighted by Gasteiger charge is -2.28. The average Bonchev–Trinajstić information content (AvgIpc) is 2.48. The summed E-state index contributed by atoms with van der Waals surface area (Å²) in [5.74, 6) is -0.454. The Morgan fingerprint density at radius 2 is 2.00 bits per heavy atom. The summed E-state index contributed by atoms with van der Waals surface area (Å²) in [5, 5.41) is 2.33. The van der Waals surface area contributed by atoms with Crippen molar-refractivity contribution in [2.45, 2.75) is 19.1 Å². The van der Waals surface area contributed by atoms with Crippen LogP contribution in [0.1, 0.15) is 12.5 Å². The first-order valence-electron chi connectivity index (χ1n) is 6.89. The Hall–Kier alpha value is -1.31. The summed E-state index contributed by atoms with van der Waals surface area (Å²) in [5.41, 5.74) is -1.22. The van der Waals surface area contributed by atoms with Gasteiger partial charge in [0.25, 0.3) is 5.91 Å². The van der Waals surface area contributed by atoms with Crippen LogP contribution in [0.15, 0.2) is 18.2 Å². The lowest BCUT2D eigenvalue weighted by Crippen LogP contribution is -3.18. The van der Waals surface area contributed by atoms with Gasteiger partial charge in [0.05, 0.1) is 24.5 Å². The Bertz CT molecular complexity index is 545. The third kappa shape index (κ3) is 4.12. The van der Waals surface area contributed by atoms with E-state index in [0.29, 0.717) is 26.3 Å². The zero-order valence-electron chi connectivity index (χ0n) is 12.0. The van der Waals surface area contributed by atoms with E-state index in [1.807, 2.05) is 0 Å². The van der Waals surface area contributed by atoms with Crippen LogP contribution in [0.2, 0.25) is 5.02 Å². The molecule has 122 valence electrons. The number of hydrogen-bond donors (Lipinski definition) is 2. The van der Waals surface area contributed by atoms with E-state index in [2.05, 4.69) is 5.32 Å². The van der Waals surface area contributed by atoms with Gasteiger partial charge in [-0.05, 0) is 25.1 Å². The standard InChI is InChI=1S/C14H16ClF3N2O2/c1-9(20-4-6-22-7-5-20)13(21)19-12-3-2-10(15)8-11(12)14(16,17)18/h2-3,8-9H,4-7H2,1H3,(H,19,21)/p+1/t9-/m1/s1. The molecule has 0 unspecified atom stereocenters. The van der Waals surface area contributed by atoms with Crippen LogP contribution in [0.3, 0.4) is 0 Å². The van der Waals surface area contributed by atoms with Gasteiger partial charge < -0.3 is 15.0 Å². The minimum atomic E-state index is -4.58. The summed E-state index contributed by atoms with van der Waals surface area (Å²) >= 11 is 5.61. The van der Waals surface area contributed by atoms with Gasteiger partial charge in [0.15, 0.2) is 6.04 Å². The highest BCUT2D eigenvalue weighted by molar-refractivity contribution is 6.30. The van der Waals surface area contributed by atoms with E-state index in [4.69, 9.17) is 16.3 Å². The second kappa shape index (κ2) is 6.85. The number of halogens is 4. The molecule has 1 saturated heterocycles. The van der Waals surface area contributed by atoms with E-state index < -0.39 is 23.7 Å². The molecule has 1 aromatic rings. The first-order valence-corrected chi connectivity index (χ1v) is 7.27. The number of benzene rings is 1. The van der Waals surface area contributed by atoms with Crippen LogP contribution in [0, 0.1) is 0 Å². The number of anilines is 1. The van der Waals surface area contributed by atoms with Crippen molar-refractivity contribution in [3.8, 4) is 0 Å². The highest BCUT2D eigenvalue weighted by Gasteiger charge is 2.35. The SMILES string of the molecule is C[C@H](C(=O)Nc1ccc(Cl)cc1C(F)(F)F)[NH+]1CCOCC1. The van der Waals surface area contributed by atoms with Gasteiger partial charge in [0, 0.05) is 5.02 Å². The lowest BCUT2D eigenvalue weighted by atomic mass is 10.1. The van der Waals surface area contributed by atoms with E-state index in [1.165, 1.54) is 12.1 Å². The van der Waals surface area contributed by atoms with Crippen LogP contribution < -0.4 is 10.2 Å². The van der Waals surface area contributed by atoms with E-state index in [-0.39, 0.29) is 10.7 Å². The second-order valence-corrected chi connectivity index (χ2v) is 5.61. The van der Waals surface area contributed by atoms with Gasteiger partial charge >= 0.3 is 6.18 Å². The van der Waals surface area contributed by atoms with Gasteiger partial charge in [0.1, 0.15) is 13.1 Å². The molecule has 1 fully saturated rings. The topological polar surface area (TPSA) is 42.8 Å². The first-order chi connectivity index (χ1) is 10.3. The summed E-state index contributed by atoms with van der Waals surface area (Å²) in [6.45, 7) is 4.09. The van der Waals surface area contributed by atoms with Gasteiger partial charge in [-0.1, -0.05) is 11.6 Å². The smallest absolute Gasteiger partial charge is 0.370 e. The molecule has 1 aromatic carbocycles. The Labute approximate surface area is 131 Å². The second-order valence-electron chi connectivity index (χ2n) is 5.17. The van der Waals surface area contributed by atoms with Crippen molar-refractivity contribution < 1.29 is 27.6 Å². The van der Waals surface area contributed by atoms with Crippen LogP contribution in [-0.2, 0) is 15.7 Å². The number of rotatable bonds is 3. The zero-order valence-corrected chi connectivity index (χ0v) is 12.7. The molecule has 4 nitrogen and oxygen atoms in total. The number of hydrogen-bond acceptors (Lipinski definition) is 2. The molecule has 1 aliphatic rings. The molecular weight excluding hydrogens is 321 g/mol. The van der Waals surface area contributed by atoms with Crippen molar-refractivity contribution in [2.24, 2.45) is 0 Å².